The van der Waals surface area contributed by atoms with Crippen molar-refractivity contribution in [2.45, 2.75) is 90.5 Å². The number of carbonyl (C=O) groups is 2. The molecule has 44 heavy (non-hydrogen) atoms. The van der Waals surface area contributed by atoms with Gasteiger partial charge in [0.25, 0.3) is 5.91 Å². The zero-order chi connectivity index (χ0) is 32.4. The standard InChI is InChI=1S/C23H31F2N7O.C5H9NO.CHF3/c1-5-31-19(8-11-26-31)22(33)28-21(16-6-9-23(24,25)10-7-16)18-14-32-20(27-18)12-17(13-30(3)4)15(2)29-32;7-5-3-1-2-4-6-5;2-1(3)4/h8,11-12,14,16,21H,5-7,9-10,13H2,1-4H3,(H,28,33);1-4H2,(H,6,7);1H. The Balaban J connectivity index is 0.000000407. The number of imidazole rings is 1. The second kappa shape index (κ2) is 15.9. The lowest BCUT2D eigenvalue weighted by Gasteiger charge is -2.33. The maximum Gasteiger partial charge on any atom is 0.379 e. The predicted octanol–water partition coefficient (Wildman–Crippen LogP) is 5.08. The monoisotopic (exact) mass is 628 g/mol. The summed E-state index contributed by atoms with van der Waals surface area (Å²) in [7, 11) is 3.98. The number of piperidine rings is 1. The van der Waals surface area contributed by atoms with Gasteiger partial charge in [-0.05, 0) is 77.2 Å². The van der Waals surface area contributed by atoms with E-state index < -0.39 is 18.6 Å². The van der Waals surface area contributed by atoms with Gasteiger partial charge >= 0.3 is 6.68 Å². The maximum atomic E-state index is 13.9. The number of halogens is 5. The van der Waals surface area contributed by atoms with E-state index in [4.69, 9.17) is 4.98 Å². The smallest absolute Gasteiger partial charge is 0.356 e. The Kier molecular flexibility index (Phi) is 12.6. The second-order valence-electron chi connectivity index (χ2n) is 11.2. The molecule has 3 aromatic rings. The van der Waals surface area contributed by atoms with Gasteiger partial charge in [0, 0.05) is 45.1 Å². The van der Waals surface area contributed by atoms with Crippen molar-refractivity contribution in [2.75, 3.05) is 20.6 Å². The number of hydrogen-bond acceptors (Lipinski definition) is 6. The van der Waals surface area contributed by atoms with Gasteiger partial charge in [0.2, 0.25) is 11.8 Å². The van der Waals surface area contributed by atoms with E-state index >= 15 is 0 Å². The molecule has 15 heteroatoms. The third kappa shape index (κ3) is 10.2. The molecular formula is C29H41F5N8O2. The highest BCUT2D eigenvalue weighted by Gasteiger charge is 2.39. The number of nitrogens with zero attached hydrogens (tertiary/aromatic N) is 6. The Bertz CT molecular complexity index is 1360. The van der Waals surface area contributed by atoms with Crippen molar-refractivity contribution in [3.63, 3.8) is 0 Å². The summed E-state index contributed by atoms with van der Waals surface area (Å²) in [5, 5.41) is 14.6. The summed E-state index contributed by atoms with van der Waals surface area (Å²) < 4.78 is 60.0. The summed E-state index contributed by atoms with van der Waals surface area (Å²) in [6.45, 7) is 2.37. The van der Waals surface area contributed by atoms with Crippen LogP contribution in [0.1, 0.15) is 85.4 Å². The topological polar surface area (TPSA) is 109 Å². The van der Waals surface area contributed by atoms with Crippen LogP contribution in [0.15, 0.2) is 24.5 Å². The van der Waals surface area contributed by atoms with E-state index in [9.17, 15) is 31.5 Å². The molecule has 5 rings (SSSR count). The molecule has 0 spiro atoms. The molecule has 2 fully saturated rings. The minimum atomic E-state index is -3.67. The van der Waals surface area contributed by atoms with E-state index in [1.54, 1.807) is 27.7 Å². The fourth-order valence-electron chi connectivity index (χ4n) is 5.27. The molecule has 1 saturated heterocycles. The minimum absolute atomic E-state index is 0.140. The van der Waals surface area contributed by atoms with Gasteiger partial charge in [-0.1, -0.05) is 0 Å². The molecule has 10 nitrogen and oxygen atoms in total. The highest BCUT2D eigenvalue weighted by molar-refractivity contribution is 5.92. The van der Waals surface area contributed by atoms with Crippen molar-refractivity contribution in [3.8, 4) is 0 Å². The number of amides is 2. The summed E-state index contributed by atoms with van der Waals surface area (Å²) in [4.78, 5) is 30.3. The molecule has 1 atom stereocenters. The third-order valence-electron chi connectivity index (χ3n) is 7.49. The Morgan fingerprint density at radius 2 is 1.89 bits per heavy atom. The molecule has 2 aliphatic rings. The Morgan fingerprint density at radius 3 is 2.43 bits per heavy atom. The van der Waals surface area contributed by atoms with Gasteiger partial charge in [0.05, 0.1) is 23.6 Å². The van der Waals surface area contributed by atoms with E-state index in [0.717, 1.165) is 43.6 Å². The van der Waals surface area contributed by atoms with Gasteiger partial charge in [-0.3, -0.25) is 14.3 Å². The second-order valence-corrected chi connectivity index (χ2v) is 11.2. The molecule has 3 aromatic heterocycles. The molecule has 1 saturated carbocycles. The first kappa shape index (κ1) is 34.9. The number of carbonyl (C=O) groups excluding carboxylic acids is 2. The van der Waals surface area contributed by atoms with Crippen LogP contribution < -0.4 is 10.6 Å². The largest absolute Gasteiger partial charge is 0.379 e. The van der Waals surface area contributed by atoms with Crippen LogP contribution in [0.5, 0.6) is 0 Å². The van der Waals surface area contributed by atoms with Crippen LogP contribution in [0, 0.1) is 12.8 Å². The summed E-state index contributed by atoms with van der Waals surface area (Å²) in [6.07, 6.45) is 6.62. The van der Waals surface area contributed by atoms with E-state index in [2.05, 4.69) is 25.7 Å². The molecular weight excluding hydrogens is 587 g/mol. The molecule has 2 N–H and O–H groups in total. The average molecular weight is 629 g/mol. The number of aryl methyl sites for hydroxylation is 2. The van der Waals surface area contributed by atoms with Crippen LogP contribution in [0.3, 0.4) is 0 Å². The van der Waals surface area contributed by atoms with Gasteiger partial charge in [0.1, 0.15) is 5.69 Å². The third-order valence-corrected chi connectivity index (χ3v) is 7.49. The zero-order valence-electron chi connectivity index (χ0n) is 25.5. The highest BCUT2D eigenvalue weighted by Crippen LogP contribution is 2.41. The summed E-state index contributed by atoms with van der Waals surface area (Å²) in [5.41, 5.74) is 3.70. The number of hydrogen-bond donors (Lipinski definition) is 2. The summed E-state index contributed by atoms with van der Waals surface area (Å²) >= 11 is 0. The van der Waals surface area contributed by atoms with Crippen LogP contribution in [0.4, 0.5) is 22.0 Å². The molecule has 244 valence electrons. The van der Waals surface area contributed by atoms with Crippen molar-refractivity contribution in [2.24, 2.45) is 5.92 Å². The fraction of sp³-hybridized carbons (Fsp3) is 0.621. The maximum absolute atomic E-state index is 13.9. The van der Waals surface area contributed by atoms with Crippen LogP contribution in [0.25, 0.3) is 5.65 Å². The van der Waals surface area contributed by atoms with Crippen molar-refractivity contribution < 1.29 is 31.5 Å². The molecule has 1 aliphatic heterocycles. The molecule has 1 unspecified atom stereocenters. The van der Waals surface area contributed by atoms with E-state index in [0.29, 0.717) is 36.4 Å². The Labute approximate surface area is 253 Å². The normalized spacial score (nSPS) is 17.4. The van der Waals surface area contributed by atoms with E-state index in [1.165, 1.54) is 0 Å². The quantitative estimate of drug-likeness (QED) is 0.354. The van der Waals surface area contributed by atoms with Crippen LogP contribution >= 0.6 is 0 Å². The highest BCUT2D eigenvalue weighted by atomic mass is 19.4. The van der Waals surface area contributed by atoms with Crippen molar-refractivity contribution in [1.82, 2.24) is 39.9 Å². The minimum Gasteiger partial charge on any atom is -0.356 e. The first-order valence-corrected chi connectivity index (χ1v) is 14.7. The zero-order valence-corrected chi connectivity index (χ0v) is 25.5. The first-order valence-electron chi connectivity index (χ1n) is 14.7. The Morgan fingerprint density at radius 1 is 1.20 bits per heavy atom. The fourth-order valence-corrected chi connectivity index (χ4v) is 5.27. The summed E-state index contributed by atoms with van der Waals surface area (Å²) in [5.74, 6) is -2.86. The van der Waals surface area contributed by atoms with Gasteiger partial charge in [-0.2, -0.15) is 23.4 Å². The number of fused-ring (bicyclic) bond motifs is 1. The summed E-state index contributed by atoms with van der Waals surface area (Å²) in [6, 6.07) is 3.16. The van der Waals surface area contributed by atoms with Gasteiger partial charge in [-0.15, -0.1) is 0 Å². The number of aromatic nitrogens is 5. The molecule has 0 aromatic carbocycles. The average Bonchev–Trinajstić information content (AvgIpc) is 3.59. The van der Waals surface area contributed by atoms with Crippen molar-refractivity contribution >= 4 is 17.5 Å². The molecule has 0 bridgehead atoms. The number of alkyl halides is 5. The lowest BCUT2D eigenvalue weighted by Crippen LogP contribution is -2.38. The van der Waals surface area contributed by atoms with Crippen LogP contribution in [-0.4, -0.2) is 74.3 Å². The lowest BCUT2D eigenvalue weighted by molar-refractivity contribution is -0.122. The molecule has 1 aliphatic carbocycles. The number of rotatable bonds is 7. The van der Waals surface area contributed by atoms with E-state index in [-0.39, 0.29) is 30.6 Å². The van der Waals surface area contributed by atoms with Crippen molar-refractivity contribution in [3.05, 3.63) is 47.2 Å². The first-order chi connectivity index (χ1) is 20.8. The van der Waals surface area contributed by atoms with E-state index in [1.807, 2.05) is 34.0 Å². The van der Waals surface area contributed by atoms with Gasteiger partial charge in [0.15, 0.2) is 5.65 Å². The Hall–Kier alpha value is -3.62. The van der Waals surface area contributed by atoms with Crippen LogP contribution in [-0.2, 0) is 17.9 Å². The van der Waals surface area contributed by atoms with Gasteiger partial charge < -0.3 is 15.5 Å². The SMILES string of the molecule is CCn1nccc1C(=O)NC(c1cn2nc(C)c(CN(C)C)cc2n1)C1CCC(F)(F)CC1.FC(F)F.O=C1CCCCN1. The molecule has 0 radical (unpaired) electrons. The number of nitrogens with one attached hydrogen (secondary N) is 2. The molecule has 4 heterocycles. The predicted molar refractivity (Wildman–Crippen MR) is 154 cm³/mol. The lowest BCUT2D eigenvalue weighted by atomic mass is 9.81. The molecule has 2 amide bonds. The van der Waals surface area contributed by atoms with Crippen LogP contribution in [0.2, 0.25) is 0 Å². The van der Waals surface area contributed by atoms with Gasteiger partial charge in [-0.25, -0.2) is 18.3 Å². The van der Waals surface area contributed by atoms with Crippen molar-refractivity contribution in [1.29, 1.82) is 0 Å².